The second kappa shape index (κ2) is 4.27. The van der Waals surface area contributed by atoms with Crippen molar-refractivity contribution in [1.29, 1.82) is 0 Å². The molecule has 0 aliphatic rings. The van der Waals surface area contributed by atoms with Gasteiger partial charge in [-0.2, -0.15) is 0 Å². The number of para-hydroxylation sites is 1. The third-order valence-electron chi connectivity index (χ3n) is 1.58. The predicted octanol–water partition coefficient (Wildman–Crippen LogP) is 2.14. The molecule has 78 valence electrons. The van der Waals surface area contributed by atoms with Crippen molar-refractivity contribution >= 4 is 11.8 Å². The molecule has 0 saturated heterocycles. The van der Waals surface area contributed by atoms with Crippen LogP contribution in [0.15, 0.2) is 30.2 Å². The van der Waals surface area contributed by atoms with Gasteiger partial charge in [-0.15, -0.1) is 4.39 Å². The lowest BCUT2D eigenvalue weighted by atomic mass is 10.2. The molecule has 0 amide bonds. The van der Waals surface area contributed by atoms with Crippen LogP contribution in [0.1, 0.15) is 5.56 Å². The minimum atomic E-state index is -1.63. The molecule has 0 fully saturated rings. The second-order valence-corrected chi connectivity index (χ2v) is 2.54. The lowest BCUT2D eigenvalue weighted by molar-refractivity contribution is -0.445. The molecule has 0 spiro atoms. The highest BCUT2D eigenvalue weighted by atomic mass is 19.1. The fraction of sp³-hybridized carbons (Fsp3) is 0. The Morgan fingerprint density at radius 2 is 1.87 bits per heavy atom. The van der Waals surface area contributed by atoms with E-state index in [0.717, 1.165) is 6.07 Å². The molecular weight excluding hydrogens is 207 g/mol. The van der Waals surface area contributed by atoms with Crippen LogP contribution in [0, 0.1) is 20.2 Å². The van der Waals surface area contributed by atoms with Crippen LogP contribution >= 0.6 is 0 Å². The van der Waals surface area contributed by atoms with Crippen molar-refractivity contribution in [3.8, 4) is 0 Å². The molecule has 0 saturated carbocycles. The summed E-state index contributed by atoms with van der Waals surface area (Å²) in [6.07, 6.45) is 0.512. The normalized spacial score (nSPS) is 11.1. The minimum Gasteiger partial charge on any atom is -0.258 e. The summed E-state index contributed by atoms with van der Waals surface area (Å²) in [5.41, 5.74) is -0.522. The topological polar surface area (TPSA) is 86.3 Å². The molecule has 0 aromatic heterocycles. The first kappa shape index (κ1) is 10.8. The average molecular weight is 212 g/mol. The highest BCUT2D eigenvalue weighted by Gasteiger charge is 2.15. The summed E-state index contributed by atoms with van der Waals surface area (Å²) < 4.78 is 12.6. The van der Waals surface area contributed by atoms with Crippen molar-refractivity contribution in [1.82, 2.24) is 0 Å². The summed E-state index contributed by atoms with van der Waals surface area (Å²) in [5, 5.41) is 20.4. The first-order valence-corrected chi connectivity index (χ1v) is 3.77. The number of hydrogen-bond acceptors (Lipinski definition) is 4. The van der Waals surface area contributed by atoms with Gasteiger partial charge >= 0.3 is 5.95 Å². The van der Waals surface area contributed by atoms with Gasteiger partial charge in [0.25, 0.3) is 5.69 Å². The average Bonchev–Trinajstić information content (AvgIpc) is 2.18. The van der Waals surface area contributed by atoms with Gasteiger partial charge in [0.2, 0.25) is 0 Å². The fourth-order valence-electron chi connectivity index (χ4n) is 0.957. The summed E-state index contributed by atoms with van der Waals surface area (Å²) in [4.78, 5) is 18.4. The highest BCUT2D eigenvalue weighted by molar-refractivity contribution is 5.60. The van der Waals surface area contributed by atoms with Gasteiger partial charge in [-0.25, -0.2) is 0 Å². The predicted molar refractivity (Wildman–Crippen MR) is 49.2 cm³/mol. The monoisotopic (exact) mass is 212 g/mol. The van der Waals surface area contributed by atoms with E-state index in [2.05, 4.69) is 0 Å². The van der Waals surface area contributed by atoms with Crippen molar-refractivity contribution in [2.45, 2.75) is 0 Å². The van der Waals surface area contributed by atoms with Crippen LogP contribution in [0.25, 0.3) is 6.08 Å². The van der Waals surface area contributed by atoms with Crippen molar-refractivity contribution in [3.05, 3.63) is 56.0 Å². The van der Waals surface area contributed by atoms with Gasteiger partial charge in [-0.05, 0) is 6.07 Å². The molecule has 0 aliphatic carbocycles. The van der Waals surface area contributed by atoms with E-state index < -0.39 is 15.8 Å². The number of nitrogens with zero attached hydrogens (tertiary/aromatic N) is 2. The van der Waals surface area contributed by atoms with E-state index in [-0.39, 0.29) is 11.3 Å². The molecule has 6 nitrogen and oxygen atoms in total. The van der Waals surface area contributed by atoms with Crippen LogP contribution in [-0.4, -0.2) is 9.85 Å². The van der Waals surface area contributed by atoms with Crippen LogP contribution in [0.5, 0.6) is 0 Å². The van der Waals surface area contributed by atoms with Crippen LogP contribution in [0.4, 0.5) is 10.1 Å². The Morgan fingerprint density at radius 1 is 1.27 bits per heavy atom. The van der Waals surface area contributed by atoms with Gasteiger partial charge in [0.1, 0.15) is 0 Å². The van der Waals surface area contributed by atoms with Crippen molar-refractivity contribution < 1.29 is 14.2 Å². The van der Waals surface area contributed by atoms with Crippen molar-refractivity contribution in [2.75, 3.05) is 0 Å². The number of nitro benzene ring substituents is 1. The Kier molecular flexibility index (Phi) is 3.06. The van der Waals surface area contributed by atoms with Crippen molar-refractivity contribution in [3.63, 3.8) is 0 Å². The summed E-state index contributed by atoms with van der Waals surface area (Å²) in [6.45, 7) is 0. The maximum Gasteiger partial charge on any atom is 0.420 e. The molecule has 1 rings (SSSR count). The van der Waals surface area contributed by atoms with E-state index in [4.69, 9.17) is 0 Å². The molecule has 0 bridgehead atoms. The summed E-state index contributed by atoms with van der Waals surface area (Å²) in [7, 11) is 0. The molecule has 0 N–H and O–H groups in total. The fourth-order valence-corrected chi connectivity index (χ4v) is 0.957. The lowest BCUT2D eigenvalue weighted by Crippen LogP contribution is -1.94. The Hall–Kier alpha value is -2.31. The molecule has 0 aliphatic heterocycles. The maximum absolute atomic E-state index is 12.6. The highest BCUT2D eigenvalue weighted by Crippen LogP contribution is 2.20. The third kappa shape index (κ3) is 2.56. The summed E-state index contributed by atoms with van der Waals surface area (Å²) >= 11 is 0. The first-order chi connectivity index (χ1) is 7.02. The number of hydrogen-bond donors (Lipinski definition) is 0. The third-order valence-corrected chi connectivity index (χ3v) is 1.58. The Balaban J connectivity index is 3.20. The van der Waals surface area contributed by atoms with E-state index in [1.807, 2.05) is 0 Å². The molecule has 0 heterocycles. The molecular formula is C8H5FN2O4. The zero-order valence-electron chi connectivity index (χ0n) is 7.29. The molecule has 7 heteroatoms. The van der Waals surface area contributed by atoms with Gasteiger partial charge in [0.15, 0.2) is 0 Å². The van der Waals surface area contributed by atoms with E-state index >= 15 is 0 Å². The second-order valence-electron chi connectivity index (χ2n) is 2.54. The lowest BCUT2D eigenvalue weighted by Gasteiger charge is -1.94. The van der Waals surface area contributed by atoms with E-state index in [0.29, 0.717) is 6.08 Å². The Bertz CT molecular complexity index is 444. The largest absolute Gasteiger partial charge is 0.420 e. The van der Waals surface area contributed by atoms with Crippen LogP contribution in [-0.2, 0) is 0 Å². The first-order valence-electron chi connectivity index (χ1n) is 3.77. The van der Waals surface area contributed by atoms with E-state index in [9.17, 15) is 24.6 Å². The van der Waals surface area contributed by atoms with Crippen molar-refractivity contribution in [2.24, 2.45) is 0 Å². The Morgan fingerprint density at radius 3 is 2.40 bits per heavy atom. The van der Waals surface area contributed by atoms with Gasteiger partial charge in [-0.3, -0.25) is 20.2 Å². The maximum atomic E-state index is 12.6. The molecule has 1 aromatic carbocycles. The number of halogens is 1. The number of rotatable bonds is 3. The van der Waals surface area contributed by atoms with Crippen LogP contribution in [0.2, 0.25) is 0 Å². The number of benzene rings is 1. The summed E-state index contributed by atoms with van der Waals surface area (Å²) in [6, 6.07) is 5.17. The number of nitro groups is 2. The van der Waals surface area contributed by atoms with Gasteiger partial charge in [0.05, 0.1) is 21.5 Å². The summed E-state index contributed by atoms with van der Waals surface area (Å²) in [5.74, 6) is -1.63. The van der Waals surface area contributed by atoms with Gasteiger partial charge in [0, 0.05) is 6.07 Å². The molecule has 0 unspecified atom stereocenters. The minimum absolute atomic E-state index is 0.142. The molecule has 0 atom stereocenters. The SMILES string of the molecule is O=[N+]([O-])/C(F)=C/c1ccccc1[N+](=O)[O-]. The van der Waals surface area contributed by atoms with Gasteiger partial charge < -0.3 is 0 Å². The zero-order chi connectivity index (χ0) is 11.4. The Labute approximate surface area is 82.9 Å². The smallest absolute Gasteiger partial charge is 0.258 e. The van der Waals surface area contributed by atoms with Crippen LogP contribution in [0.3, 0.4) is 0 Å². The zero-order valence-corrected chi connectivity index (χ0v) is 7.29. The van der Waals surface area contributed by atoms with E-state index in [1.54, 1.807) is 0 Å². The molecule has 1 aromatic rings. The standard InChI is InChI=1S/C8H5FN2O4/c9-8(11(14)15)5-6-3-1-2-4-7(6)10(12)13/h1-5H/b8-5+. The molecule has 0 radical (unpaired) electrons. The van der Waals surface area contributed by atoms with Crippen LogP contribution < -0.4 is 0 Å². The molecule has 15 heavy (non-hydrogen) atoms. The van der Waals surface area contributed by atoms with Gasteiger partial charge in [-0.1, -0.05) is 12.1 Å². The van der Waals surface area contributed by atoms with E-state index in [1.165, 1.54) is 18.2 Å². The quantitative estimate of drug-likeness (QED) is 0.436.